The number of pyridine rings is 1. The molecule has 0 spiro atoms. The first kappa shape index (κ1) is 11.9. The Morgan fingerprint density at radius 1 is 1.41 bits per heavy atom. The van der Waals surface area contributed by atoms with Gasteiger partial charge in [-0.2, -0.15) is 0 Å². The minimum Gasteiger partial charge on any atom is -0.505 e. The first-order valence-electron chi connectivity index (χ1n) is 6.11. The fourth-order valence-electron chi connectivity index (χ4n) is 2.36. The highest BCUT2D eigenvalue weighted by Crippen LogP contribution is 2.24. The Labute approximate surface area is 101 Å². The Kier molecular flexibility index (Phi) is 3.61. The lowest BCUT2D eigenvalue weighted by molar-refractivity contribution is 0.0687. The van der Waals surface area contributed by atoms with Gasteiger partial charge in [0.25, 0.3) is 5.91 Å². The number of nitrogens with zero attached hydrogens (tertiary/aromatic N) is 2. The second kappa shape index (κ2) is 5.17. The van der Waals surface area contributed by atoms with Gasteiger partial charge in [-0.15, -0.1) is 0 Å². The molecule has 1 saturated carbocycles. The summed E-state index contributed by atoms with van der Waals surface area (Å²) in [6, 6.07) is 3.40. The molecule has 0 atom stereocenters. The monoisotopic (exact) mass is 234 g/mol. The van der Waals surface area contributed by atoms with Crippen LogP contribution in [0.5, 0.6) is 5.75 Å². The predicted molar refractivity (Wildman–Crippen MR) is 64.9 cm³/mol. The highest BCUT2D eigenvalue weighted by atomic mass is 16.3. The van der Waals surface area contributed by atoms with Gasteiger partial charge in [0.2, 0.25) is 0 Å². The van der Waals surface area contributed by atoms with Gasteiger partial charge in [0.15, 0.2) is 5.69 Å². The molecule has 1 fully saturated rings. The summed E-state index contributed by atoms with van der Waals surface area (Å²) in [7, 11) is 1.80. The van der Waals surface area contributed by atoms with Crippen molar-refractivity contribution in [3.8, 4) is 5.75 Å². The predicted octanol–water partition coefficient (Wildman–Crippen LogP) is 2.19. The van der Waals surface area contributed by atoms with Gasteiger partial charge in [0.05, 0.1) is 0 Å². The molecule has 0 unspecified atom stereocenters. The van der Waals surface area contributed by atoms with E-state index in [1.807, 2.05) is 0 Å². The van der Waals surface area contributed by atoms with E-state index in [1.54, 1.807) is 18.0 Å². The van der Waals surface area contributed by atoms with Crippen LogP contribution < -0.4 is 0 Å². The molecular weight excluding hydrogens is 216 g/mol. The molecule has 4 heteroatoms. The van der Waals surface area contributed by atoms with Crippen molar-refractivity contribution in [3.63, 3.8) is 0 Å². The standard InChI is InChI=1S/C13H18N2O2/c1-15(10-6-3-2-4-7-10)13(17)12-11(16)8-5-9-14-12/h5,8-10,16H,2-4,6-7H2,1H3. The molecule has 1 aliphatic rings. The fraction of sp³-hybridized carbons (Fsp3) is 0.538. The number of hydrogen-bond donors (Lipinski definition) is 1. The van der Waals surface area contributed by atoms with E-state index in [9.17, 15) is 9.90 Å². The van der Waals surface area contributed by atoms with Crippen molar-refractivity contribution in [1.29, 1.82) is 0 Å². The van der Waals surface area contributed by atoms with Crippen LogP contribution in [-0.4, -0.2) is 34.0 Å². The van der Waals surface area contributed by atoms with Crippen LogP contribution in [0.4, 0.5) is 0 Å². The Bertz CT molecular complexity index is 400. The summed E-state index contributed by atoms with van der Waals surface area (Å²) in [5.74, 6) is -0.227. The van der Waals surface area contributed by atoms with Crippen molar-refractivity contribution in [2.75, 3.05) is 7.05 Å². The number of hydrogen-bond acceptors (Lipinski definition) is 3. The van der Waals surface area contributed by atoms with Crippen LogP contribution in [-0.2, 0) is 0 Å². The zero-order chi connectivity index (χ0) is 12.3. The molecule has 0 radical (unpaired) electrons. The van der Waals surface area contributed by atoms with Crippen LogP contribution in [0, 0.1) is 0 Å². The zero-order valence-electron chi connectivity index (χ0n) is 10.1. The molecule has 92 valence electrons. The maximum Gasteiger partial charge on any atom is 0.276 e. The first-order valence-corrected chi connectivity index (χ1v) is 6.11. The second-order valence-electron chi connectivity index (χ2n) is 4.58. The van der Waals surface area contributed by atoms with E-state index < -0.39 is 0 Å². The molecule has 1 aliphatic carbocycles. The molecular formula is C13H18N2O2. The van der Waals surface area contributed by atoms with E-state index in [-0.39, 0.29) is 23.4 Å². The summed E-state index contributed by atoms with van der Waals surface area (Å²) in [6.45, 7) is 0. The molecule has 4 nitrogen and oxygen atoms in total. The highest BCUT2D eigenvalue weighted by Gasteiger charge is 2.25. The van der Waals surface area contributed by atoms with E-state index in [0.29, 0.717) is 0 Å². The minimum absolute atomic E-state index is 0.0415. The number of rotatable bonds is 2. The number of aromatic nitrogens is 1. The number of amides is 1. The van der Waals surface area contributed by atoms with Gasteiger partial charge in [-0.25, -0.2) is 4.98 Å². The Balaban J connectivity index is 2.11. The Morgan fingerprint density at radius 3 is 2.76 bits per heavy atom. The van der Waals surface area contributed by atoms with Crippen molar-refractivity contribution in [3.05, 3.63) is 24.0 Å². The third kappa shape index (κ3) is 2.57. The molecule has 2 rings (SSSR count). The molecule has 1 aromatic heterocycles. The average Bonchev–Trinajstić information content (AvgIpc) is 2.39. The SMILES string of the molecule is CN(C(=O)c1ncccc1O)C1CCCCC1. The van der Waals surface area contributed by atoms with E-state index in [0.717, 1.165) is 12.8 Å². The zero-order valence-corrected chi connectivity index (χ0v) is 10.1. The van der Waals surface area contributed by atoms with E-state index in [1.165, 1.54) is 31.5 Å². The van der Waals surface area contributed by atoms with Crippen LogP contribution in [0.3, 0.4) is 0 Å². The maximum absolute atomic E-state index is 12.2. The normalized spacial score (nSPS) is 16.8. The van der Waals surface area contributed by atoms with Crippen LogP contribution >= 0.6 is 0 Å². The lowest BCUT2D eigenvalue weighted by atomic mass is 9.94. The van der Waals surface area contributed by atoms with Crippen LogP contribution in [0.1, 0.15) is 42.6 Å². The molecule has 0 bridgehead atoms. The van der Waals surface area contributed by atoms with Crippen LogP contribution in [0.2, 0.25) is 0 Å². The fourth-order valence-corrected chi connectivity index (χ4v) is 2.36. The number of carbonyl (C=O) groups excluding carboxylic acids is 1. The lowest BCUT2D eigenvalue weighted by Crippen LogP contribution is -2.38. The Morgan fingerprint density at radius 2 is 2.12 bits per heavy atom. The van der Waals surface area contributed by atoms with Crippen molar-refractivity contribution in [2.24, 2.45) is 0 Å². The minimum atomic E-state index is -0.185. The number of aromatic hydroxyl groups is 1. The lowest BCUT2D eigenvalue weighted by Gasteiger charge is -2.31. The summed E-state index contributed by atoms with van der Waals surface area (Å²) >= 11 is 0. The maximum atomic E-state index is 12.2. The van der Waals surface area contributed by atoms with Gasteiger partial charge < -0.3 is 10.0 Å². The quantitative estimate of drug-likeness (QED) is 0.853. The van der Waals surface area contributed by atoms with Gasteiger partial charge in [-0.1, -0.05) is 19.3 Å². The van der Waals surface area contributed by atoms with Gasteiger partial charge in [0.1, 0.15) is 5.75 Å². The van der Waals surface area contributed by atoms with Crippen molar-refractivity contribution >= 4 is 5.91 Å². The average molecular weight is 234 g/mol. The van der Waals surface area contributed by atoms with Crippen molar-refractivity contribution in [2.45, 2.75) is 38.1 Å². The molecule has 1 N–H and O–H groups in total. The highest BCUT2D eigenvalue weighted by molar-refractivity contribution is 5.94. The summed E-state index contributed by atoms with van der Waals surface area (Å²) in [4.78, 5) is 17.8. The molecule has 0 aliphatic heterocycles. The van der Waals surface area contributed by atoms with Crippen molar-refractivity contribution in [1.82, 2.24) is 9.88 Å². The third-order valence-corrected chi connectivity index (χ3v) is 3.43. The van der Waals surface area contributed by atoms with Gasteiger partial charge in [-0.05, 0) is 25.0 Å². The Hall–Kier alpha value is -1.58. The largest absolute Gasteiger partial charge is 0.505 e. The van der Waals surface area contributed by atoms with E-state index in [2.05, 4.69) is 4.98 Å². The number of carbonyl (C=O) groups is 1. The van der Waals surface area contributed by atoms with Gasteiger partial charge in [-0.3, -0.25) is 4.79 Å². The van der Waals surface area contributed by atoms with E-state index >= 15 is 0 Å². The van der Waals surface area contributed by atoms with Crippen molar-refractivity contribution < 1.29 is 9.90 Å². The summed E-state index contributed by atoms with van der Waals surface area (Å²) in [5, 5.41) is 9.62. The summed E-state index contributed by atoms with van der Waals surface area (Å²) in [6.07, 6.45) is 7.24. The summed E-state index contributed by atoms with van der Waals surface area (Å²) < 4.78 is 0. The van der Waals surface area contributed by atoms with E-state index in [4.69, 9.17) is 0 Å². The third-order valence-electron chi connectivity index (χ3n) is 3.43. The molecule has 0 aromatic carbocycles. The summed E-state index contributed by atoms with van der Waals surface area (Å²) in [5.41, 5.74) is 0.153. The molecule has 1 amide bonds. The molecule has 1 aromatic rings. The molecule has 17 heavy (non-hydrogen) atoms. The molecule has 1 heterocycles. The van der Waals surface area contributed by atoms with Gasteiger partial charge in [0, 0.05) is 19.3 Å². The topological polar surface area (TPSA) is 53.4 Å². The first-order chi connectivity index (χ1) is 8.20. The molecule has 0 saturated heterocycles. The van der Waals surface area contributed by atoms with Crippen LogP contribution in [0.25, 0.3) is 0 Å². The van der Waals surface area contributed by atoms with Crippen LogP contribution in [0.15, 0.2) is 18.3 Å². The smallest absolute Gasteiger partial charge is 0.276 e. The van der Waals surface area contributed by atoms with Gasteiger partial charge >= 0.3 is 0 Å². The second-order valence-corrected chi connectivity index (χ2v) is 4.58.